The van der Waals surface area contributed by atoms with Crippen molar-refractivity contribution in [2.45, 2.75) is 12.5 Å². The molecular weight excluding hydrogens is 446 g/mol. The summed E-state index contributed by atoms with van der Waals surface area (Å²) < 4.78 is 26.1. The van der Waals surface area contributed by atoms with E-state index in [9.17, 15) is 0 Å². The number of benzene rings is 4. The Morgan fingerprint density at radius 3 is 1.83 bits per heavy atom. The highest BCUT2D eigenvalue weighted by Crippen LogP contribution is 2.44. The minimum Gasteiger partial charge on any atom is -0.487 e. The van der Waals surface area contributed by atoms with Crippen LogP contribution >= 0.6 is 0 Å². The Kier molecular flexibility index (Phi) is 3.51. The van der Waals surface area contributed by atoms with Crippen molar-refractivity contribution in [1.82, 2.24) is 0 Å². The Hall–Kier alpha value is -4.31. The first kappa shape index (κ1) is 18.9. The second-order valence-corrected chi connectivity index (χ2v) is 9.87. The molecule has 0 bridgehead atoms. The fraction of sp³-hybridized carbons (Fsp3) is 0.0667. The molecule has 0 radical (unpaired) electrons. The Labute approximate surface area is 208 Å². The van der Waals surface area contributed by atoms with Crippen LogP contribution in [0.5, 0.6) is 34.5 Å². The van der Waals surface area contributed by atoms with Gasteiger partial charge in [-0.1, -0.05) is 54.6 Å². The summed E-state index contributed by atoms with van der Waals surface area (Å²) in [5.41, 5.74) is 6.91. The molecule has 4 aliphatic heterocycles. The van der Waals surface area contributed by atoms with E-state index in [0.29, 0.717) is 0 Å². The lowest BCUT2D eigenvalue weighted by Gasteiger charge is -2.43. The van der Waals surface area contributed by atoms with Gasteiger partial charge in [0.15, 0.2) is 0 Å². The Bertz CT molecular complexity index is 1710. The highest BCUT2D eigenvalue weighted by Gasteiger charge is 2.50. The van der Waals surface area contributed by atoms with Gasteiger partial charge in [0, 0.05) is 17.3 Å². The number of fused-ring (bicyclic) bond motifs is 8. The van der Waals surface area contributed by atoms with Crippen LogP contribution in [0.2, 0.25) is 0 Å². The summed E-state index contributed by atoms with van der Waals surface area (Å²) in [4.78, 5) is 0. The van der Waals surface area contributed by atoms with E-state index in [1.807, 2.05) is 36.4 Å². The lowest BCUT2D eigenvalue weighted by Crippen LogP contribution is -2.59. The van der Waals surface area contributed by atoms with Crippen LogP contribution in [0.3, 0.4) is 0 Å². The molecule has 9 rings (SSSR count). The predicted molar refractivity (Wildman–Crippen MR) is 141 cm³/mol. The van der Waals surface area contributed by atoms with Crippen LogP contribution in [0.15, 0.2) is 108 Å². The van der Waals surface area contributed by atoms with Crippen molar-refractivity contribution >= 4 is 35.3 Å². The Morgan fingerprint density at radius 1 is 0.556 bits per heavy atom. The second kappa shape index (κ2) is 6.67. The van der Waals surface area contributed by atoms with E-state index in [0.717, 1.165) is 63.1 Å². The molecule has 0 saturated carbocycles. The molecule has 4 aromatic rings. The van der Waals surface area contributed by atoms with Crippen molar-refractivity contribution in [3.8, 4) is 34.5 Å². The minimum atomic E-state index is -0.0949. The van der Waals surface area contributed by atoms with Crippen molar-refractivity contribution in [2.75, 3.05) is 0 Å². The molecule has 4 heterocycles. The molecule has 168 valence electrons. The Morgan fingerprint density at radius 2 is 1.11 bits per heavy atom. The molecule has 0 amide bonds. The fourth-order valence-electron chi connectivity index (χ4n) is 6.63. The largest absolute Gasteiger partial charge is 0.487 e. The highest BCUT2D eigenvalue weighted by molar-refractivity contribution is 6.96. The molecule has 1 atom stereocenters. The number of allylic oxidation sites excluding steroid dienone is 1. The van der Waals surface area contributed by atoms with Gasteiger partial charge in [-0.05, 0) is 58.3 Å². The summed E-state index contributed by atoms with van der Waals surface area (Å²) in [6.45, 7) is 0.0727. The van der Waals surface area contributed by atoms with Crippen LogP contribution in [0, 0.1) is 0 Å². The van der Waals surface area contributed by atoms with Crippen LogP contribution in [0.1, 0.15) is 6.42 Å². The molecule has 4 nitrogen and oxygen atoms in total. The summed E-state index contributed by atoms with van der Waals surface area (Å²) >= 11 is 0. The van der Waals surface area contributed by atoms with Gasteiger partial charge in [-0.25, -0.2) is 0 Å². The van der Waals surface area contributed by atoms with Gasteiger partial charge in [0.1, 0.15) is 46.4 Å². The Balaban J connectivity index is 1.34. The van der Waals surface area contributed by atoms with Crippen molar-refractivity contribution < 1.29 is 18.9 Å². The third kappa shape index (κ3) is 2.32. The second-order valence-electron chi connectivity index (χ2n) is 9.87. The molecule has 6 heteroatoms. The fourth-order valence-corrected chi connectivity index (χ4v) is 6.63. The zero-order valence-electron chi connectivity index (χ0n) is 19.2. The van der Waals surface area contributed by atoms with Gasteiger partial charge in [0.25, 0.3) is 13.4 Å². The first-order chi connectivity index (χ1) is 17.8. The van der Waals surface area contributed by atoms with E-state index in [4.69, 9.17) is 18.9 Å². The van der Waals surface area contributed by atoms with Crippen LogP contribution in [-0.2, 0) is 0 Å². The summed E-state index contributed by atoms with van der Waals surface area (Å²) in [6, 6.07) is 28.9. The molecule has 4 aromatic carbocycles. The standard InChI is InChI=1S/C30H18B2O4/c1-3-9-20-17(7-1)31-19-15-16-26-29(30(19)36-25-14-6-11-22(33-20)27(25)31)32-18-8-2-4-10-21(18)34-23-12-5-13-24(35-26)28(23)32/h1-15,26H,16H2. The van der Waals surface area contributed by atoms with Crippen LogP contribution < -0.4 is 40.8 Å². The number of para-hydroxylation sites is 2. The maximum atomic E-state index is 6.80. The van der Waals surface area contributed by atoms with E-state index in [-0.39, 0.29) is 19.5 Å². The number of ether oxygens (including phenoxy) is 4. The quantitative estimate of drug-likeness (QED) is 0.373. The van der Waals surface area contributed by atoms with Crippen LogP contribution in [0.25, 0.3) is 0 Å². The normalized spacial score (nSPS) is 19.0. The molecule has 0 spiro atoms. The number of hydrogen-bond donors (Lipinski definition) is 0. The molecule has 0 N–H and O–H groups in total. The van der Waals surface area contributed by atoms with Gasteiger partial charge >= 0.3 is 0 Å². The lowest BCUT2D eigenvalue weighted by molar-refractivity contribution is 0.235. The maximum Gasteiger partial charge on any atom is 0.260 e. The maximum absolute atomic E-state index is 6.80. The van der Waals surface area contributed by atoms with E-state index < -0.39 is 0 Å². The average molecular weight is 464 g/mol. The lowest BCUT2D eigenvalue weighted by atomic mass is 9.29. The number of rotatable bonds is 0. The van der Waals surface area contributed by atoms with Gasteiger partial charge in [0.2, 0.25) is 0 Å². The molecule has 1 aliphatic carbocycles. The zero-order chi connectivity index (χ0) is 23.4. The zero-order valence-corrected chi connectivity index (χ0v) is 19.2. The monoisotopic (exact) mass is 464 g/mol. The SMILES string of the molecule is C1=C2B3c4ccccc4Oc4cccc(c43)OC2=C2B3c4ccccc4Oc4cccc(c43)OC2C1. The highest BCUT2D eigenvalue weighted by atomic mass is 16.5. The van der Waals surface area contributed by atoms with Crippen molar-refractivity contribution in [2.24, 2.45) is 0 Å². The van der Waals surface area contributed by atoms with E-state index >= 15 is 0 Å². The average Bonchev–Trinajstić information content (AvgIpc) is 2.92. The topological polar surface area (TPSA) is 36.9 Å². The van der Waals surface area contributed by atoms with Gasteiger partial charge in [-0.15, -0.1) is 0 Å². The molecular formula is C30H18B2O4. The molecule has 0 saturated heterocycles. The van der Waals surface area contributed by atoms with Crippen LogP contribution in [-0.4, -0.2) is 19.5 Å². The van der Waals surface area contributed by atoms with E-state index in [1.165, 1.54) is 16.4 Å². The summed E-state index contributed by atoms with van der Waals surface area (Å²) in [7, 11) is 0. The molecule has 36 heavy (non-hydrogen) atoms. The van der Waals surface area contributed by atoms with Gasteiger partial charge in [-0.2, -0.15) is 0 Å². The third-order valence-electron chi connectivity index (χ3n) is 8.06. The smallest absolute Gasteiger partial charge is 0.260 e. The third-order valence-corrected chi connectivity index (χ3v) is 8.06. The predicted octanol–water partition coefficient (Wildman–Crippen LogP) is 3.63. The molecule has 5 aliphatic rings. The van der Waals surface area contributed by atoms with Crippen molar-refractivity contribution in [3.63, 3.8) is 0 Å². The van der Waals surface area contributed by atoms with Crippen molar-refractivity contribution in [1.29, 1.82) is 0 Å². The van der Waals surface area contributed by atoms with Gasteiger partial charge < -0.3 is 18.9 Å². The molecule has 0 aromatic heterocycles. The van der Waals surface area contributed by atoms with Gasteiger partial charge in [0.05, 0.1) is 0 Å². The molecule has 1 unspecified atom stereocenters. The number of hydrogen-bond acceptors (Lipinski definition) is 4. The minimum absolute atomic E-state index is 0.0124. The molecule has 0 fully saturated rings. The summed E-state index contributed by atoms with van der Waals surface area (Å²) in [5.74, 6) is 6.21. The van der Waals surface area contributed by atoms with Crippen LogP contribution in [0.4, 0.5) is 0 Å². The van der Waals surface area contributed by atoms with E-state index in [1.54, 1.807) is 0 Å². The van der Waals surface area contributed by atoms with E-state index in [2.05, 4.69) is 54.6 Å². The summed E-state index contributed by atoms with van der Waals surface area (Å²) in [5, 5.41) is 0. The summed E-state index contributed by atoms with van der Waals surface area (Å²) in [6.07, 6.45) is 3.01. The first-order valence-electron chi connectivity index (χ1n) is 12.4. The van der Waals surface area contributed by atoms with Gasteiger partial charge in [-0.3, -0.25) is 0 Å². The van der Waals surface area contributed by atoms with Crippen molar-refractivity contribution in [3.05, 3.63) is 108 Å². The first-order valence-corrected chi connectivity index (χ1v) is 12.4.